The lowest BCUT2D eigenvalue weighted by Crippen LogP contribution is -2.69. The molecule has 24 N–H and O–H groups in total. The van der Waals surface area contributed by atoms with Crippen LogP contribution in [-0.2, 0) is 25.2 Å². The minimum absolute atomic E-state index is 0.228. The molecule has 0 heterocycles. The van der Waals surface area contributed by atoms with Crippen LogP contribution in [0.3, 0.4) is 0 Å². The Morgan fingerprint density at radius 1 is 0.367 bits per heavy atom. The Hall–Kier alpha value is -1.02. The molecule has 39 heteroatoms. The fourth-order valence-electron chi connectivity index (χ4n) is 9.97. The van der Waals surface area contributed by atoms with Crippen molar-refractivity contribution in [3.8, 4) is 0 Å². The number of aliphatic hydroxyl groups is 12. The van der Waals surface area contributed by atoms with Gasteiger partial charge in [-0.05, 0) is 233 Å². The summed E-state index contributed by atoms with van der Waals surface area (Å²) in [6.45, 7) is -9.32. The molecule has 0 aromatic heterocycles. The van der Waals surface area contributed by atoms with Crippen LogP contribution in [0, 0.1) is 44.0 Å². The van der Waals surface area contributed by atoms with Crippen molar-refractivity contribution in [3.63, 3.8) is 0 Å². The molecular weight excluding hydrogens is 2220 g/mol. The van der Waals surface area contributed by atoms with E-state index in [1.54, 1.807) is 203 Å². The van der Waals surface area contributed by atoms with E-state index in [9.17, 15) is 66.1 Å². The van der Waals surface area contributed by atoms with Gasteiger partial charge in [-0.25, -0.2) is 0 Å². The lowest BCUT2D eigenvalue weighted by atomic mass is 9.42. The number of nitrogens with one attached hydrogen (secondary N) is 6. The first-order valence-corrected chi connectivity index (χ1v) is 35.8. The number of benzene rings is 3. The van der Waals surface area contributed by atoms with E-state index in [0.717, 1.165) is 0 Å². The van der Waals surface area contributed by atoms with Gasteiger partial charge in [0.25, 0.3) is 35.4 Å². The molecule has 1 saturated carbocycles. The highest BCUT2D eigenvalue weighted by atomic mass is 127. The number of halogens is 9. The summed E-state index contributed by atoms with van der Waals surface area (Å²) in [6.07, 6.45) is -11.5. The van der Waals surface area contributed by atoms with Gasteiger partial charge in [0.05, 0.1) is 126 Å². The summed E-state index contributed by atoms with van der Waals surface area (Å²) in [6, 6.07) is 0. The minimum atomic E-state index is -3.14. The molecule has 90 heavy (non-hydrogen) atoms. The van der Waals surface area contributed by atoms with E-state index in [0.29, 0.717) is 0 Å². The van der Waals surface area contributed by atoms with Crippen LogP contribution in [0.1, 0.15) is 91.7 Å². The Morgan fingerprint density at radius 3 is 0.756 bits per heavy atom. The first-order chi connectivity index (χ1) is 42.1. The third-order valence-electron chi connectivity index (χ3n) is 14.2. The molecule has 9 atom stereocenters. The third kappa shape index (κ3) is 17.3. The molecule has 3 aromatic rings. The van der Waals surface area contributed by atoms with Gasteiger partial charge in [-0.15, -0.1) is 0 Å². The van der Waals surface area contributed by atoms with Gasteiger partial charge in [0.1, 0.15) is 0 Å². The molecular formula is C51H60I9N9O21. The van der Waals surface area contributed by atoms with E-state index < -0.39 is 254 Å². The van der Waals surface area contributed by atoms with Crippen molar-refractivity contribution in [2.24, 2.45) is 29.0 Å². The number of carbonyl (C=O) groups excluding carboxylic acids is 9. The number of primary amides is 3. The molecule has 4 rings (SSSR count). The van der Waals surface area contributed by atoms with E-state index in [1.807, 2.05) is 0 Å². The van der Waals surface area contributed by atoms with Gasteiger partial charge in [-0.2, -0.15) is 0 Å². The summed E-state index contributed by atoms with van der Waals surface area (Å²) in [5.74, 6) is -15.1. The van der Waals surface area contributed by atoms with Crippen molar-refractivity contribution >= 4 is 256 Å². The third-order valence-corrected chi connectivity index (χ3v) is 23.9. The number of nitrogens with two attached hydrogens (primary N) is 3. The highest BCUT2D eigenvalue weighted by Crippen LogP contribution is 2.66. The quantitative estimate of drug-likeness (QED) is 0.0286. The first-order valence-electron chi connectivity index (χ1n) is 26.1. The maximum atomic E-state index is 16.6. The number of amides is 9. The second-order valence-corrected chi connectivity index (χ2v) is 29.8. The van der Waals surface area contributed by atoms with E-state index in [4.69, 9.17) is 17.2 Å². The van der Waals surface area contributed by atoms with Crippen LogP contribution < -0.4 is 49.1 Å². The van der Waals surface area contributed by atoms with Crippen LogP contribution in [-0.4, -0.2) is 230 Å². The van der Waals surface area contributed by atoms with Crippen molar-refractivity contribution in [1.29, 1.82) is 0 Å². The van der Waals surface area contributed by atoms with Crippen LogP contribution in [0.4, 0.5) is 0 Å². The summed E-state index contributed by atoms with van der Waals surface area (Å²) in [7, 11) is 0. The number of carbonyl (C=O) groups is 9. The monoisotopic (exact) mass is 2280 g/mol. The highest BCUT2D eigenvalue weighted by Gasteiger charge is 2.71. The zero-order valence-corrected chi connectivity index (χ0v) is 65.6. The highest BCUT2D eigenvalue weighted by molar-refractivity contribution is 14.1. The second-order valence-electron chi connectivity index (χ2n) is 20.1. The first kappa shape index (κ1) is 81.4. The molecule has 498 valence electrons. The van der Waals surface area contributed by atoms with Crippen molar-refractivity contribution in [1.82, 2.24) is 31.9 Å². The Bertz CT molecular complexity index is 3020. The zero-order valence-electron chi connectivity index (χ0n) is 46.2. The normalized spacial score (nSPS) is 19.3. The molecule has 0 aliphatic heterocycles. The van der Waals surface area contributed by atoms with Crippen molar-refractivity contribution in [2.75, 3.05) is 78.9 Å². The number of hydrogen-bond donors (Lipinski definition) is 21. The van der Waals surface area contributed by atoms with Crippen LogP contribution in [0.2, 0.25) is 0 Å². The molecule has 9 amide bonds. The summed E-state index contributed by atoms with van der Waals surface area (Å²) in [5, 5.41) is 137. The molecule has 1 fully saturated rings. The van der Waals surface area contributed by atoms with Crippen molar-refractivity contribution in [3.05, 3.63) is 82.2 Å². The Morgan fingerprint density at radius 2 is 0.578 bits per heavy atom. The van der Waals surface area contributed by atoms with Gasteiger partial charge < -0.3 is 110 Å². The minimum Gasteiger partial charge on any atom is -0.394 e. The fourth-order valence-corrected chi connectivity index (χ4v) is 25.0. The van der Waals surface area contributed by atoms with Gasteiger partial charge in [0.2, 0.25) is 17.7 Å². The Balaban J connectivity index is 2.83. The number of rotatable bonds is 30. The topological polar surface area (TPSA) is 547 Å². The average Bonchev–Trinajstić information content (AvgIpc) is 0.661. The average molecular weight is 2280 g/mol. The van der Waals surface area contributed by atoms with E-state index in [-0.39, 0.29) is 32.1 Å². The smallest absolute Gasteiger partial charge is 0.253 e. The molecule has 0 radical (unpaired) electrons. The Kier molecular flexibility index (Phi) is 32.6. The molecule has 1 aliphatic carbocycles. The van der Waals surface area contributed by atoms with Gasteiger partial charge in [0, 0.05) is 77.3 Å². The summed E-state index contributed by atoms with van der Waals surface area (Å²) in [5.41, 5.74) is 9.31. The van der Waals surface area contributed by atoms with Crippen LogP contribution in [0.25, 0.3) is 0 Å². The molecule has 1 aliphatic rings. The molecule has 0 bridgehead atoms. The number of aliphatic hydroxyl groups excluding tert-OH is 12. The number of hydrogen-bond acceptors (Lipinski definition) is 21. The summed E-state index contributed by atoms with van der Waals surface area (Å²) in [4.78, 5) is 137. The second kappa shape index (κ2) is 36.0. The molecule has 0 saturated heterocycles. The fraction of sp³-hybridized carbons (Fsp3) is 0.471. The largest absolute Gasteiger partial charge is 0.394 e. The van der Waals surface area contributed by atoms with Gasteiger partial charge >= 0.3 is 0 Å². The molecule has 30 nitrogen and oxygen atoms in total. The van der Waals surface area contributed by atoms with E-state index in [1.165, 1.54) is 0 Å². The van der Waals surface area contributed by atoms with E-state index >= 15 is 38.4 Å². The van der Waals surface area contributed by atoms with Crippen molar-refractivity contribution < 1.29 is 104 Å². The summed E-state index contributed by atoms with van der Waals surface area (Å²) < 4.78 is -2.71. The Labute approximate surface area is 634 Å². The molecule has 0 spiro atoms. The predicted molar refractivity (Wildman–Crippen MR) is 393 cm³/mol. The zero-order chi connectivity index (χ0) is 68.3. The molecule has 3 aromatic carbocycles. The predicted octanol–water partition coefficient (Wildman–Crippen LogP) is -3.67. The van der Waals surface area contributed by atoms with Gasteiger partial charge in [-0.3, -0.25) is 43.2 Å². The van der Waals surface area contributed by atoms with Crippen LogP contribution in [0.5, 0.6) is 0 Å². The maximum Gasteiger partial charge on any atom is 0.253 e. The summed E-state index contributed by atoms with van der Waals surface area (Å²) >= 11 is 14.8. The maximum absolute atomic E-state index is 16.6. The van der Waals surface area contributed by atoms with Gasteiger partial charge in [-0.1, -0.05) is 0 Å². The standard InChI is InChI=1S/C51H60I9N9O21/c52-32-23(43(84)64-3-16(76)9-70)35(55)29(36(56)24(32)44(85)65-4-17(77)10-71)50(49(63)90)2-15(41(61)82)1-22(42(62)83)51(50,30-37(57)25(45(86)66-5-18(78)11-72)33(53)26(38(30)58)46(87)67-6-19(79)12-73)31-39(59)27(47(88)68-7-20(80)13-74)34(54)28(40(31)60)48(89)69-8-21(81)14-75/h15-22,70-81H,1-14H2,(H2,61,82)(H2,62,83)(H2,63,90)(H,64,84)(H,65,85)(H,66,86)(H,67,87)(H,68,88)(H,69,89). The lowest BCUT2D eigenvalue weighted by Gasteiger charge is -2.59. The van der Waals surface area contributed by atoms with E-state index in [2.05, 4.69) is 31.9 Å². The van der Waals surface area contributed by atoms with Crippen LogP contribution in [0.15, 0.2) is 0 Å². The SMILES string of the molecule is NC(=O)C1CC(C(N)=O)C(c2c(I)c(C(=O)NCC(O)CO)c(I)c(C(=O)NCC(O)CO)c2I)(c2c(I)c(C(=O)NCC(O)CO)c(I)c(C(=O)NCC(O)CO)c2I)C(C(N)=O)(c2c(I)c(C(=O)NCC(O)CO)c(I)c(C(=O)NCC(O)CO)c2I)C1. The molecule has 9 unspecified atom stereocenters. The van der Waals surface area contributed by atoms with Gasteiger partial charge in [0.15, 0.2) is 0 Å². The van der Waals surface area contributed by atoms with Crippen LogP contribution >= 0.6 is 203 Å². The van der Waals surface area contributed by atoms with Crippen molar-refractivity contribution in [2.45, 2.75) is 60.3 Å². The lowest BCUT2D eigenvalue weighted by molar-refractivity contribution is -0.139.